The van der Waals surface area contributed by atoms with Gasteiger partial charge in [0, 0.05) is 23.6 Å². The molecule has 2 heterocycles. The molecule has 2 aromatic heterocycles. The Morgan fingerprint density at radius 2 is 1.68 bits per heavy atom. The van der Waals surface area contributed by atoms with E-state index in [0.29, 0.717) is 22.5 Å². The summed E-state index contributed by atoms with van der Waals surface area (Å²) in [7, 11) is 0. The average Bonchev–Trinajstić information content (AvgIpc) is 3.29. The topological polar surface area (TPSA) is 149 Å². The second-order valence-electron chi connectivity index (χ2n) is 7.38. The first-order valence-corrected chi connectivity index (χ1v) is 10.9. The second-order valence-corrected chi connectivity index (χ2v) is 7.78. The minimum atomic E-state index is -4.66. The van der Waals surface area contributed by atoms with Crippen molar-refractivity contribution in [3.05, 3.63) is 65.7 Å². The van der Waals surface area contributed by atoms with Crippen LogP contribution in [0.1, 0.15) is 5.56 Å². The number of hydrogen-bond acceptors (Lipinski definition) is 7. The molecule has 0 aliphatic carbocycles. The number of aromatic nitrogens is 4. The molecule has 38 heavy (non-hydrogen) atoms. The molecule has 0 unspecified atom stereocenters. The van der Waals surface area contributed by atoms with Crippen molar-refractivity contribution >= 4 is 64.5 Å². The molecule has 11 nitrogen and oxygen atoms in total. The van der Waals surface area contributed by atoms with Gasteiger partial charge < -0.3 is 21.1 Å². The van der Waals surface area contributed by atoms with Gasteiger partial charge in [0.1, 0.15) is 19.3 Å². The van der Waals surface area contributed by atoms with Gasteiger partial charge in [0.25, 0.3) is 0 Å². The molecule has 0 saturated carbocycles. The predicted molar refractivity (Wildman–Crippen MR) is 137 cm³/mol. The summed E-state index contributed by atoms with van der Waals surface area (Å²) in [5.74, 6) is 0.150. The maximum atomic E-state index is 13.0. The minimum absolute atomic E-state index is 0. The number of nitrogens with zero attached hydrogens (tertiary/aromatic N) is 4. The van der Waals surface area contributed by atoms with E-state index in [0.717, 1.165) is 12.1 Å². The molecule has 3 amide bonds. The molecule has 0 aliphatic rings. The highest BCUT2D eigenvalue weighted by Crippen LogP contribution is 2.36. The van der Waals surface area contributed by atoms with E-state index >= 15 is 0 Å². The number of anilines is 3. The predicted octanol–water partition coefficient (Wildman–Crippen LogP) is 5.06. The van der Waals surface area contributed by atoms with Gasteiger partial charge in [-0.2, -0.15) is 13.2 Å². The number of imidazole rings is 1. The summed E-state index contributed by atoms with van der Waals surface area (Å²) >= 11 is 5.60. The first-order chi connectivity index (χ1) is 17.7. The van der Waals surface area contributed by atoms with Gasteiger partial charge in [0.2, 0.25) is 0 Å². The maximum absolute atomic E-state index is 13.0. The summed E-state index contributed by atoms with van der Waals surface area (Å²) in [6.45, 7) is 0.217. The fourth-order valence-corrected chi connectivity index (χ4v) is 3.44. The lowest BCUT2D eigenvalue weighted by Crippen LogP contribution is -2.20. The van der Waals surface area contributed by atoms with Crippen LogP contribution in [0.5, 0.6) is 0 Å². The first kappa shape index (κ1) is 28.4. The quantitative estimate of drug-likeness (QED) is 0.253. The lowest BCUT2D eigenvalue weighted by molar-refractivity contribution is -0.137. The van der Waals surface area contributed by atoms with Crippen LogP contribution in [-0.2, 0) is 10.9 Å². The molecule has 0 saturated heterocycles. The first-order valence-electron chi connectivity index (χ1n) is 10.5. The molecule has 0 radical (unpaired) electrons. The van der Waals surface area contributed by atoms with E-state index in [2.05, 4.69) is 30.9 Å². The highest BCUT2D eigenvalue weighted by atomic mass is 35.5. The molecule has 4 aromatic rings. The Labute approximate surface area is 224 Å². The zero-order valence-corrected chi connectivity index (χ0v) is 20.7. The normalized spacial score (nSPS) is 11.0. The fourth-order valence-electron chi connectivity index (χ4n) is 3.22. The van der Waals surface area contributed by atoms with Crippen molar-refractivity contribution in [2.45, 2.75) is 6.18 Å². The minimum Gasteiger partial charge on any atom is -0.448 e. The lowest BCUT2D eigenvalue weighted by Gasteiger charge is -2.12. The van der Waals surface area contributed by atoms with Gasteiger partial charge in [-0.3, -0.25) is 9.88 Å². The average molecular weight is 571 g/mol. The molecule has 0 bridgehead atoms. The van der Waals surface area contributed by atoms with Crippen molar-refractivity contribution < 1.29 is 27.5 Å². The van der Waals surface area contributed by atoms with Gasteiger partial charge in [0.05, 0.1) is 10.6 Å². The van der Waals surface area contributed by atoms with E-state index in [1.807, 2.05) is 0 Å². The summed E-state index contributed by atoms with van der Waals surface area (Å²) in [6.07, 6.45) is -2.67. The van der Waals surface area contributed by atoms with E-state index < -0.39 is 28.9 Å². The number of carbonyl (C=O) groups is 2. The zero-order chi connectivity index (χ0) is 26.6. The summed E-state index contributed by atoms with van der Waals surface area (Å²) in [5.41, 5.74) is 5.88. The van der Waals surface area contributed by atoms with Crippen LogP contribution >= 0.6 is 24.0 Å². The van der Waals surface area contributed by atoms with Gasteiger partial charge in [-0.15, -0.1) is 12.4 Å². The van der Waals surface area contributed by atoms with Gasteiger partial charge in [-0.1, -0.05) is 11.6 Å². The second kappa shape index (κ2) is 11.9. The van der Waals surface area contributed by atoms with Crippen molar-refractivity contribution in [3.63, 3.8) is 0 Å². The highest BCUT2D eigenvalue weighted by Gasteiger charge is 2.33. The number of carbonyl (C=O) groups excluding carboxylic acids is 2. The molecule has 200 valence electrons. The Morgan fingerprint density at radius 1 is 1.00 bits per heavy atom. The summed E-state index contributed by atoms with van der Waals surface area (Å²) in [5, 5.41) is 6.88. The number of alkyl halides is 3. The van der Waals surface area contributed by atoms with Crippen molar-refractivity contribution in [2.24, 2.45) is 5.73 Å². The molecule has 0 fully saturated rings. The van der Waals surface area contributed by atoms with Gasteiger partial charge in [-0.25, -0.2) is 24.5 Å². The molecule has 0 atom stereocenters. The third-order valence-corrected chi connectivity index (χ3v) is 5.17. The number of nitrogens with two attached hydrogens (primary N) is 1. The highest BCUT2D eigenvalue weighted by molar-refractivity contribution is 6.31. The van der Waals surface area contributed by atoms with Crippen molar-refractivity contribution in [2.75, 3.05) is 29.1 Å². The molecular weight excluding hydrogens is 552 g/mol. The molecule has 0 spiro atoms. The summed E-state index contributed by atoms with van der Waals surface area (Å²) in [6, 6.07) is 8.78. The summed E-state index contributed by atoms with van der Waals surface area (Å²) < 4.78 is 45.6. The fraction of sp³-hybridized carbons (Fsp3) is 0.136. The number of fused-ring (bicyclic) bond motifs is 1. The van der Waals surface area contributed by atoms with E-state index in [4.69, 9.17) is 22.1 Å². The van der Waals surface area contributed by atoms with Crippen LogP contribution in [0.3, 0.4) is 0 Å². The van der Waals surface area contributed by atoms with Crippen molar-refractivity contribution in [1.82, 2.24) is 19.5 Å². The van der Waals surface area contributed by atoms with E-state index in [9.17, 15) is 22.8 Å². The summed E-state index contributed by atoms with van der Waals surface area (Å²) in [4.78, 5) is 36.6. The Balaban J connectivity index is 0.00000400. The number of rotatable bonds is 6. The van der Waals surface area contributed by atoms with Crippen molar-refractivity contribution in [1.29, 1.82) is 0 Å². The number of hydrogen-bond donors (Lipinski definition) is 4. The van der Waals surface area contributed by atoms with Crippen LogP contribution in [0, 0.1) is 0 Å². The Kier molecular flexibility index (Phi) is 8.93. The molecule has 0 aliphatic heterocycles. The third kappa shape index (κ3) is 6.59. The van der Waals surface area contributed by atoms with Gasteiger partial charge >= 0.3 is 18.3 Å². The van der Waals surface area contributed by atoms with E-state index in [1.54, 1.807) is 28.8 Å². The molecule has 4 rings (SSSR count). The van der Waals surface area contributed by atoms with Crippen LogP contribution in [0.25, 0.3) is 16.9 Å². The Hall–Kier alpha value is -4.14. The van der Waals surface area contributed by atoms with E-state index in [1.165, 1.54) is 18.7 Å². The molecular formula is C22H19Cl2F3N8O3. The van der Waals surface area contributed by atoms with Crippen LogP contribution in [0.2, 0.25) is 5.02 Å². The molecule has 2 aromatic carbocycles. The molecule has 5 N–H and O–H groups in total. The van der Waals surface area contributed by atoms with Crippen LogP contribution < -0.4 is 21.7 Å². The number of urea groups is 1. The largest absolute Gasteiger partial charge is 0.448 e. The standard InChI is InChI=1S/C22H18ClF3N8O3.ClH/c23-16-6-3-13(9-15(16)22(24,25)26)32-20(35)31-12-1-4-14(5-2-12)34-11-30-17-18(28-10-29-19(17)34)33-21(36)37-8-7-27;/h1-6,9-11H,7-8,27H2,(H2,31,32,35)(H,28,29,33,36);1H. The number of benzene rings is 2. The number of amides is 3. The van der Waals surface area contributed by atoms with Crippen LogP contribution in [0.4, 0.5) is 40.0 Å². The Morgan fingerprint density at radius 3 is 2.37 bits per heavy atom. The number of ether oxygens (including phenoxy) is 1. The Bertz CT molecular complexity index is 1450. The maximum Gasteiger partial charge on any atom is 0.417 e. The number of halogens is 5. The van der Waals surface area contributed by atoms with Gasteiger partial charge in [-0.05, 0) is 42.5 Å². The zero-order valence-electron chi connectivity index (χ0n) is 19.1. The van der Waals surface area contributed by atoms with Crippen LogP contribution in [0.15, 0.2) is 55.1 Å². The number of nitrogens with one attached hydrogen (secondary N) is 3. The van der Waals surface area contributed by atoms with Gasteiger partial charge in [0.15, 0.2) is 17.0 Å². The van der Waals surface area contributed by atoms with Crippen molar-refractivity contribution in [3.8, 4) is 5.69 Å². The monoisotopic (exact) mass is 570 g/mol. The molecule has 16 heteroatoms. The smallest absolute Gasteiger partial charge is 0.417 e. The van der Waals surface area contributed by atoms with Crippen LogP contribution in [-0.4, -0.2) is 44.8 Å². The lowest BCUT2D eigenvalue weighted by atomic mass is 10.2. The third-order valence-electron chi connectivity index (χ3n) is 4.84. The SMILES string of the molecule is Cl.NCCOC(=O)Nc1ncnc2c1ncn2-c1ccc(NC(=O)Nc2ccc(Cl)c(C(F)(F)F)c2)cc1. The van der Waals surface area contributed by atoms with E-state index in [-0.39, 0.29) is 37.1 Å².